The maximum absolute atomic E-state index is 3.70. The Kier molecular flexibility index (Phi) is 4.46. The van der Waals surface area contributed by atoms with Crippen LogP contribution in [-0.2, 0) is 0 Å². The summed E-state index contributed by atoms with van der Waals surface area (Å²) in [7, 11) is 2.02. The lowest BCUT2D eigenvalue weighted by atomic mass is 9.79. The SMILES string of the molecule is CNC(c1ccc(C2CCC2)cc1)c1ccc(C)cc1Br. The summed E-state index contributed by atoms with van der Waals surface area (Å²) < 4.78 is 1.17. The van der Waals surface area contributed by atoms with Crippen LogP contribution in [0, 0.1) is 6.92 Å². The maximum Gasteiger partial charge on any atom is 0.0585 e. The van der Waals surface area contributed by atoms with Crippen molar-refractivity contribution in [2.24, 2.45) is 0 Å². The van der Waals surface area contributed by atoms with Crippen LogP contribution in [0.4, 0.5) is 0 Å². The molecule has 0 bridgehead atoms. The average molecular weight is 344 g/mol. The van der Waals surface area contributed by atoms with Crippen molar-refractivity contribution in [1.29, 1.82) is 0 Å². The van der Waals surface area contributed by atoms with Crippen molar-refractivity contribution >= 4 is 15.9 Å². The van der Waals surface area contributed by atoms with Crippen LogP contribution in [0.2, 0.25) is 0 Å². The van der Waals surface area contributed by atoms with Crippen molar-refractivity contribution < 1.29 is 0 Å². The summed E-state index contributed by atoms with van der Waals surface area (Å²) >= 11 is 3.70. The fraction of sp³-hybridized carbons (Fsp3) is 0.368. The minimum atomic E-state index is 0.232. The Morgan fingerprint density at radius 2 is 1.81 bits per heavy atom. The number of aryl methyl sites for hydroxylation is 1. The van der Waals surface area contributed by atoms with Gasteiger partial charge in [-0.15, -0.1) is 0 Å². The van der Waals surface area contributed by atoms with Crippen molar-refractivity contribution in [2.75, 3.05) is 7.05 Å². The topological polar surface area (TPSA) is 12.0 Å². The molecule has 0 spiro atoms. The van der Waals surface area contributed by atoms with Crippen molar-refractivity contribution in [2.45, 2.75) is 38.1 Å². The Labute approximate surface area is 135 Å². The van der Waals surface area contributed by atoms with E-state index in [0.29, 0.717) is 0 Å². The van der Waals surface area contributed by atoms with Gasteiger partial charge in [-0.1, -0.05) is 58.7 Å². The highest BCUT2D eigenvalue weighted by molar-refractivity contribution is 9.10. The van der Waals surface area contributed by atoms with Gasteiger partial charge >= 0.3 is 0 Å². The minimum absolute atomic E-state index is 0.232. The molecule has 2 aromatic carbocycles. The molecule has 21 heavy (non-hydrogen) atoms. The summed E-state index contributed by atoms with van der Waals surface area (Å²) in [6.45, 7) is 2.12. The number of halogens is 1. The first-order valence-electron chi connectivity index (χ1n) is 7.72. The van der Waals surface area contributed by atoms with E-state index in [1.807, 2.05) is 7.05 Å². The number of hydrogen-bond donors (Lipinski definition) is 1. The molecule has 1 atom stereocenters. The molecule has 1 saturated carbocycles. The lowest BCUT2D eigenvalue weighted by Crippen LogP contribution is -2.18. The molecule has 0 amide bonds. The number of benzene rings is 2. The van der Waals surface area contributed by atoms with Gasteiger partial charge in [0.05, 0.1) is 6.04 Å². The zero-order valence-corrected chi connectivity index (χ0v) is 14.3. The smallest absolute Gasteiger partial charge is 0.0585 e. The molecule has 3 rings (SSSR count). The van der Waals surface area contributed by atoms with E-state index in [2.05, 4.69) is 70.6 Å². The second-order valence-corrected chi connectivity index (χ2v) is 6.90. The van der Waals surface area contributed by atoms with Crippen LogP contribution in [0.3, 0.4) is 0 Å². The van der Waals surface area contributed by atoms with Gasteiger partial charge < -0.3 is 5.32 Å². The zero-order valence-electron chi connectivity index (χ0n) is 12.7. The van der Waals surface area contributed by atoms with E-state index >= 15 is 0 Å². The molecule has 1 aliphatic carbocycles. The van der Waals surface area contributed by atoms with Crippen LogP contribution in [0.15, 0.2) is 46.9 Å². The van der Waals surface area contributed by atoms with Crippen LogP contribution in [-0.4, -0.2) is 7.05 Å². The van der Waals surface area contributed by atoms with Gasteiger partial charge in [0, 0.05) is 4.47 Å². The Hall–Kier alpha value is -1.12. The molecular weight excluding hydrogens is 322 g/mol. The van der Waals surface area contributed by atoms with E-state index in [9.17, 15) is 0 Å². The fourth-order valence-electron chi connectivity index (χ4n) is 3.07. The first kappa shape index (κ1) is 14.8. The molecule has 0 aliphatic heterocycles. The first-order chi connectivity index (χ1) is 10.2. The molecule has 0 aromatic heterocycles. The molecule has 1 nitrogen and oxygen atoms in total. The van der Waals surface area contributed by atoms with Crippen molar-refractivity contribution in [3.63, 3.8) is 0 Å². The first-order valence-corrected chi connectivity index (χ1v) is 8.51. The van der Waals surface area contributed by atoms with Crippen LogP contribution < -0.4 is 5.32 Å². The Morgan fingerprint density at radius 1 is 1.10 bits per heavy atom. The average Bonchev–Trinajstić information content (AvgIpc) is 2.42. The highest BCUT2D eigenvalue weighted by Crippen LogP contribution is 2.37. The molecule has 0 heterocycles. The molecule has 1 fully saturated rings. The quantitative estimate of drug-likeness (QED) is 0.790. The summed E-state index contributed by atoms with van der Waals surface area (Å²) in [4.78, 5) is 0. The molecule has 1 N–H and O–H groups in total. The monoisotopic (exact) mass is 343 g/mol. The maximum atomic E-state index is 3.70. The lowest BCUT2D eigenvalue weighted by molar-refractivity contribution is 0.419. The van der Waals surface area contributed by atoms with Crippen molar-refractivity contribution in [3.8, 4) is 0 Å². The van der Waals surface area contributed by atoms with Crippen molar-refractivity contribution in [1.82, 2.24) is 5.32 Å². The normalized spacial score (nSPS) is 16.5. The van der Waals surface area contributed by atoms with E-state index in [-0.39, 0.29) is 6.04 Å². The molecule has 110 valence electrons. The van der Waals surface area contributed by atoms with E-state index in [0.717, 1.165) is 5.92 Å². The molecule has 0 saturated heterocycles. The Morgan fingerprint density at radius 3 is 2.33 bits per heavy atom. The Balaban J connectivity index is 1.88. The van der Waals surface area contributed by atoms with Gasteiger partial charge in [-0.25, -0.2) is 0 Å². The second kappa shape index (κ2) is 6.33. The minimum Gasteiger partial charge on any atom is -0.309 e. The summed E-state index contributed by atoms with van der Waals surface area (Å²) in [5.74, 6) is 0.804. The number of hydrogen-bond acceptors (Lipinski definition) is 1. The summed E-state index contributed by atoms with van der Waals surface area (Å²) in [5, 5.41) is 3.44. The van der Waals surface area contributed by atoms with Gasteiger partial charge in [0.25, 0.3) is 0 Å². The third-order valence-corrected chi connectivity index (χ3v) is 5.29. The molecular formula is C19H22BrN. The highest BCUT2D eigenvalue weighted by atomic mass is 79.9. The molecule has 1 unspecified atom stereocenters. The third kappa shape index (κ3) is 3.07. The van der Waals surface area contributed by atoms with Crippen LogP contribution in [0.5, 0.6) is 0 Å². The zero-order chi connectivity index (χ0) is 14.8. The van der Waals surface area contributed by atoms with Gasteiger partial charge in [0.2, 0.25) is 0 Å². The van der Waals surface area contributed by atoms with Crippen LogP contribution in [0.25, 0.3) is 0 Å². The van der Waals surface area contributed by atoms with Crippen LogP contribution >= 0.6 is 15.9 Å². The van der Waals surface area contributed by atoms with E-state index < -0.39 is 0 Å². The summed E-state index contributed by atoms with van der Waals surface area (Å²) in [6.07, 6.45) is 4.11. The fourth-order valence-corrected chi connectivity index (χ4v) is 3.79. The van der Waals surface area contributed by atoms with Crippen molar-refractivity contribution in [3.05, 3.63) is 69.2 Å². The third-order valence-electron chi connectivity index (χ3n) is 4.60. The van der Waals surface area contributed by atoms with Gasteiger partial charge in [0.15, 0.2) is 0 Å². The molecule has 0 radical (unpaired) electrons. The van der Waals surface area contributed by atoms with E-state index in [1.165, 1.54) is 46.0 Å². The molecule has 2 heteroatoms. The standard InChI is InChI=1S/C19H22BrN/c1-13-6-11-17(18(20)12-13)19(21-2)16-9-7-15(8-10-16)14-4-3-5-14/h6-12,14,19,21H,3-5H2,1-2H3. The largest absolute Gasteiger partial charge is 0.309 e. The van der Waals surface area contributed by atoms with E-state index in [4.69, 9.17) is 0 Å². The predicted octanol–water partition coefficient (Wildman–Crippen LogP) is 5.33. The lowest BCUT2D eigenvalue weighted by Gasteiger charge is -2.26. The van der Waals surface area contributed by atoms with E-state index in [1.54, 1.807) is 0 Å². The second-order valence-electron chi connectivity index (χ2n) is 6.04. The summed E-state index contributed by atoms with van der Waals surface area (Å²) in [6, 6.07) is 16.0. The van der Waals surface area contributed by atoms with Crippen LogP contribution in [0.1, 0.15) is 53.5 Å². The molecule has 1 aliphatic rings. The van der Waals surface area contributed by atoms with Gasteiger partial charge in [-0.05, 0) is 61.1 Å². The van der Waals surface area contributed by atoms with Gasteiger partial charge in [-0.2, -0.15) is 0 Å². The predicted molar refractivity (Wildman–Crippen MR) is 92.8 cm³/mol. The molecule has 2 aromatic rings. The number of rotatable bonds is 4. The van der Waals surface area contributed by atoms with Gasteiger partial charge in [0.1, 0.15) is 0 Å². The Bertz CT molecular complexity index is 614. The highest BCUT2D eigenvalue weighted by Gasteiger charge is 2.20. The summed E-state index contributed by atoms with van der Waals surface area (Å²) in [5.41, 5.74) is 5.40. The number of nitrogens with one attached hydrogen (secondary N) is 1. The van der Waals surface area contributed by atoms with Gasteiger partial charge in [-0.3, -0.25) is 0 Å².